The fourth-order valence-electron chi connectivity index (χ4n) is 2.58. The average Bonchev–Trinajstić information content (AvgIpc) is 3.35. The number of rotatable bonds is 6. The Labute approximate surface area is 167 Å². The zero-order chi connectivity index (χ0) is 19.0. The minimum atomic E-state index is -0.0811. The first-order valence-electron chi connectivity index (χ1n) is 8.27. The third-order valence-electron chi connectivity index (χ3n) is 4.12. The largest absolute Gasteiger partial charge is 0.467 e. The van der Waals surface area contributed by atoms with Gasteiger partial charge >= 0.3 is 0 Å². The predicted octanol–water partition coefficient (Wildman–Crippen LogP) is 4.51. The lowest BCUT2D eigenvalue weighted by Gasteiger charge is -2.07. The lowest BCUT2D eigenvalue weighted by atomic mass is 10.2. The van der Waals surface area contributed by atoms with E-state index in [4.69, 9.17) is 4.42 Å². The number of aromatic amines is 1. The molecule has 0 bridgehead atoms. The molecule has 7 nitrogen and oxygen atoms in total. The van der Waals surface area contributed by atoms with Crippen molar-refractivity contribution in [2.45, 2.75) is 36.9 Å². The number of fused-ring (bicyclic) bond motifs is 1. The number of hydrogen-bond acceptors (Lipinski definition) is 9. The van der Waals surface area contributed by atoms with E-state index in [0.717, 1.165) is 30.5 Å². The highest BCUT2D eigenvalue weighted by Gasteiger charge is 2.18. The Morgan fingerprint density at radius 3 is 2.96 bits per heavy atom. The number of hydrogen-bond donors (Lipinski definition) is 2. The predicted molar refractivity (Wildman–Crippen MR) is 110 cm³/mol. The van der Waals surface area contributed by atoms with Crippen molar-refractivity contribution in [3.8, 4) is 0 Å². The van der Waals surface area contributed by atoms with Crippen LogP contribution in [0.2, 0.25) is 0 Å². The number of thioether (sulfide) groups is 1. The van der Waals surface area contributed by atoms with Crippen molar-refractivity contribution in [1.29, 1.82) is 0 Å². The van der Waals surface area contributed by atoms with Crippen LogP contribution in [0.15, 0.2) is 31.9 Å². The summed E-state index contributed by atoms with van der Waals surface area (Å²) in [5, 5.41) is 12.9. The summed E-state index contributed by atoms with van der Waals surface area (Å²) in [5.74, 6) is 1.49. The molecule has 27 heavy (non-hydrogen) atoms. The van der Waals surface area contributed by atoms with E-state index in [1.165, 1.54) is 23.1 Å². The van der Waals surface area contributed by atoms with Crippen molar-refractivity contribution in [2.24, 2.45) is 0 Å². The summed E-state index contributed by atoms with van der Waals surface area (Å²) in [6.45, 7) is 6.53. The molecule has 0 aliphatic heterocycles. The molecule has 0 amide bonds. The van der Waals surface area contributed by atoms with Gasteiger partial charge in [-0.15, -0.1) is 21.5 Å². The van der Waals surface area contributed by atoms with E-state index in [9.17, 15) is 4.79 Å². The topological polar surface area (TPSA) is 96.7 Å². The number of nitrogens with zero attached hydrogens (tertiary/aromatic N) is 3. The van der Waals surface area contributed by atoms with Gasteiger partial charge in [-0.2, -0.15) is 0 Å². The Kier molecular flexibility index (Phi) is 5.02. The van der Waals surface area contributed by atoms with Crippen LogP contribution in [0.4, 0.5) is 5.13 Å². The average molecular weight is 420 g/mol. The smallest absolute Gasteiger partial charge is 0.259 e. The molecule has 4 rings (SSSR count). The van der Waals surface area contributed by atoms with Crippen molar-refractivity contribution in [1.82, 2.24) is 20.2 Å². The van der Waals surface area contributed by atoms with Crippen molar-refractivity contribution in [3.63, 3.8) is 0 Å². The number of aryl methyl sites for hydroxylation is 2. The van der Waals surface area contributed by atoms with Crippen LogP contribution in [0.1, 0.15) is 34.2 Å². The summed E-state index contributed by atoms with van der Waals surface area (Å²) in [6, 6.07) is 3.75. The lowest BCUT2D eigenvalue weighted by molar-refractivity contribution is 0.518. The zero-order valence-electron chi connectivity index (χ0n) is 14.9. The van der Waals surface area contributed by atoms with E-state index in [1.54, 1.807) is 17.6 Å². The van der Waals surface area contributed by atoms with Crippen LogP contribution >= 0.6 is 34.4 Å². The standard InChI is InChI=1S/C17H17N5O2S3/c1-8-9(2)25-15-12(8)14(23)19-13(20-15)10(3)26-17-22-21-16(27-17)18-7-11-5-4-6-24-11/h4-6,10H,7H2,1-3H3,(H,18,21)(H,19,20,23)/t10-/m1/s1. The van der Waals surface area contributed by atoms with Crippen LogP contribution in [0.25, 0.3) is 10.2 Å². The second-order valence-electron chi connectivity index (χ2n) is 5.98. The second kappa shape index (κ2) is 7.45. The fourth-order valence-corrected chi connectivity index (χ4v) is 5.56. The molecule has 4 aromatic rings. The van der Waals surface area contributed by atoms with Gasteiger partial charge in [0.1, 0.15) is 16.4 Å². The van der Waals surface area contributed by atoms with E-state index in [-0.39, 0.29) is 10.8 Å². The van der Waals surface area contributed by atoms with Gasteiger partial charge in [-0.1, -0.05) is 23.1 Å². The molecular weight excluding hydrogens is 402 g/mol. The summed E-state index contributed by atoms with van der Waals surface area (Å²) in [7, 11) is 0. The highest BCUT2D eigenvalue weighted by Crippen LogP contribution is 2.37. The first kappa shape index (κ1) is 18.2. The third kappa shape index (κ3) is 3.78. The van der Waals surface area contributed by atoms with Crippen LogP contribution in [0.3, 0.4) is 0 Å². The van der Waals surface area contributed by atoms with Gasteiger partial charge in [-0.3, -0.25) is 4.79 Å². The van der Waals surface area contributed by atoms with Gasteiger partial charge in [0, 0.05) is 4.88 Å². The van der Waals surface area contributed by atoms with Gasteiger partial charge in [0.15, 0.2) is 4.34 Å². The molecule has 140 valence electrons. The van der Waals surface area contributed by atoms with Gasteiger partial charge in [0.05, 0.1) is 23.4 Å². The van der Waals surface area contributed by atoms with Gasteiger partial charge in [-0.25, -0.2) is 4.98 Å². The van der Waals surface area contributed by atoms with Crippen LogP contribution in [0.5, 0.6) is 0 Å². The molecule has 0 unspecified atom stereocenters. The molecule has 2 N–H and O–H groups in total. The maximum atomic E-state index is 12.4. The minimum absolute atomic E-state index is 0.0457. The number of furan rings is 1. The first-order chi connectivity index (χ1) is 13.0. The van der Waals surface area contributed by atoms with Gasteiger partial charge < -0.3 is 14.7 Å². The molecule has 0 spiro atoms. The molecule has 0 radical (unpaired) electrons. The van der Waals surface area contributed by atoms with Crippen molar-refractivity contribution < 1.29 is 4.42 Å². The number of H-pyrrole nitrogens is 1. The minimum Gasteiger partial charge on any atom is -0.467 e. The molecule has 1 atom stereocenters. The summed E-state index contributed by atoms with van der Waals surface area (Å²) >= 11 is 4.54. The molecule has 0 saturated carbocycles. The van der Waals surface area contributed by atoms with Crippen LogP contribution in [-0.2, 0) is 6.54 Å². The third-order valence-corrected chi connectivity index (χ3v) is 7.30. The first-order valence-corrected chi connectivity index (χ1v) is 10.8. The van der Waals surface area contributed by atoms with E-state index >= 15 is 0 Å². The van der Waals surface area contributed by atoms with E-state index < -0.39 is 0 Å². The number of aromatic nitrogens is 4. The van der Waals surface area contributed by atoms with E-state index in [0.29, 0.717) is 17.8 Å². The Morgan fingerprint density at radius 2 is 2.19 bits per heavy atom. The van der Waals surface area contributed by atoms with Crippen LogP contribution < -0.4 is 10.9 Å². The summed E-state index contributed by atoms with van der Waals surface area (Å²) < 4.78 is 6.10. The molecule has 0 fully saturated rings. The molecule has 0 saturated heterocycles. The quantitative estimate of drug-likeness (QED) is 0.444. The maximum Gasteiger partial charge on any atom is 0.259 e. The van der Waals surface area contributed by atoms with E-state index in [1.807, 2.05) is 32.9 Å². The van der Waals surface area contributed by atoms with Gasteiger partial charge in [-0.05, 0) is 38.5 Å². The fraction of sp³-hybridized carbons (Fsp3) is 0.294. The van der Waals surface area contributed by atoms with Gasteiger partial charge in [0.25, 0.3) is 5.56 Å². The number of anilines is 1. The Bertz CT molecular complexity index is 1130. The van der Waals surface area contributed by atoms with E-state index in [2.05, 4.69) is 25.5 Å². The molecule has 0 aromatic carbocycles. The lowest BCUT2D eigenvalue weighted by Crippen LogP contribution is -2.12. The normalized spacial score (nSPS) is 12.6. The summed E-state index contributed by atoms with van der Waals surface area (Å²) in [6.07, 6.45) is 1.64. The molecule has 4 heterocycles. The van der Waals surface area contributed by atoms with Gasteiger partial charge in [0.2, 0.25) is 5.13 Å². The Morgan fingerprint density at radius 1 is 1.33 bits per heavy atom. The highest BCUT2D eigenvalue weighted by atomic mass is 32.2. The van der Waals surface area contributed by atoms with Crippen molar-refractivity contribution in [3.05, 3.63) is 50.8 Å². The van der Waals surface area contributed by atoms with Crippen molar-refractivity contribution in [2.75, 3.05) is 5.32 Å². The maximum absolute atomic E-state index is 12.4. The second-order valence-corrected chi connectivity index (χ2v) is 9.75. The molecule has 0 aliphatic rings. The summed E-state index contributed by atoms with van der Waals surface area (Å²) in [4.78, 5) is 21.9. The monoisotopic (exact) mass is 419 g/mol. The highest BCUT2D eigenvalue weighted by molar-refractivity contribution is 8.01. The molecule has 0 aliphatic carbocycles. The number of thiophene rings is 1. The molecule has 10 heteroatoms. The Balaban J connectivity index is 1.48. The van der Waals surface area contributed by atoms with Crippen molar-refractivity contribution >= 4 is 49.8 Å². The van der Waals surface area contributed by atoms with Crippen LogP contribution in [0, 0.1) is 13.8 Å². The van der Waals surface area contributed by atoms with Crippen LogP contribution in [-0.4, -0.2) is 20.2 Å². The summed E-state index contributed by atoms with van der Waals surface area (Å²) in [5.41, 5.74) is 0.925. The number of nitrogens with one attached hydrogen (secondary N) is 2. The zero-order valence-corrected chi connectivity index (χ0v) is 17.3. The Hall–Kier alpha value is -2.17. The molecule has 4 aromatic heterocycles. The molecular formula is C17H17N5O2S3. The SMILES string of the molecule is Cc1sc2nc([C@@H](C)Sc3nnc(NCc4ccco4)s3)[nH]c(=O)c2c1C.